The van der Waals surface area contributed by atoms with Crippen LogP contribution in [0.25, 0.3) is 0 Å². The van der Waals surface area contributed by atoms with Crippen LogP contribution >= 0.6 is 23.2 Å². The summed E-state index contributed by atoms with van der Waals surface area (Å²) >= 11 is 12.0. The first-order chi connectivity index (χ1) is 14.2. The normalized spacial score (nSPS) is 11.3. The minimum Gasteiger partial charge on any atom is -0.299 e. The second-order valence-corrected chi connectivity index (χ2v) is 9.38. The van der Waals surface area contributed by atoms with Gasteiger partial charge in [-0.2, -0.15) is 0 Å². The molecule has 5 nitrogen and oxygen atoms in total. The molecule has 0 aliphatic carbocycles. The maximum Gasteiger partial charge on any atom is 0.263 e. The van der Waals surface area contributed by atoms with Crippen molar-refractivity contribution in [3.63, 3.8) is 0 Å². The first kappa shape index (κ1) is 22.3. The smallest absolute Gasteiger partial charge is 0.263 e. The maximum absolute atomic E-state index is 12.7. The number of sulfonamides is 1. The van der Waals surface area contributed by atoms with Crippen LogP contribution in [-0.2, 0) is 27.7 Å². The molecule has 156 valence electrons. The lowest BCUT2D eigenvalue weighted by Crippen LogP contribution is -2.14. The van der Waals surface area contributed by atoms with Crippen LogP contribution in [0.15, 0.2) is 65.8 Å². The number of pyridine rings is 1. The zero-order valence-corrected chi connectivity index (χ0v) is 18.6. The molecular formula is C22H20Cl2N2O3S. The summed E-state index contributed by atoms with van der Waals surface area (Å²) in [6, 6.07) is 13.3. The number of aryl methyl sites for hydroxylation is 2. The molecule has 1 heterocycles. The van der Waals surface area contributed by atoms with Gasteiger partial charge in [0.05, 0.1) is 5.02 Å². The highest BCUT2D eigenvalue weighted by Crippen LogP contribution is 2.29. The predicted molar refractivity (Wildman–Crippen MR) is 120 cm³/mol. The van der Waals surface area contributed by atoms with Gasteiger partial charge in [0.1, 0.15) is 10.7 Å². The minimum atomic E-state index is -3.87. The zero-order chi connectivity index (χ0) is 21.7. The fourth-order valence-corrected chi connectivity index (χ4v) is 4.78. The van der Waals surface area contributed by atoms with E-state index in [1.807, 2.05) is 12.1 Å². The Labute approximate surface area is 186 Å². The third kappa shape index (κ3) is 5.81. The Morgan fingerprint density at radius 1 is 1.03 bits per heavy atom. The van der Waals surface area contributed by atoms with Crippen LogP contribution in [0.1, 0.15) is 23.1 Å². The molecule has 0 fully saturated rings. The first-order valence-electron chi connectivity index (χ1n) is 9.22. The van der Waals surface area contributed by atoms with E-state index in [0.29, 0.717) is 29.1 Å². The molecule has 1 N–H and O–H groups in total. The number of aromatic nitrogens is 1. The van der Waals surface area contributed by atoms with Crippen LogP contribution in [0.4, 0.5) is 5.69 Å². The number of anilines is 1. The van der Waals surface area contributed by atoms with Crippen molar-refractivity contribution in [2.24, 2.45) is 0 Å². The number of benzene rings is 2. The second-order valence-electron chi connectivity index (χ2n) is 6.91. The minimum absolute atomic E-state index is 0.0410. The lowest BCUT2D eigenvalue weighted by atomic mass is 10.0. The van der Waals surface area contributed by atoms with E-state index < -0.39 is 10.0 Å². The highest BCUT2D eigenvalue weighted by Gasteiger charge is 2.19. The fraction of sp³-hybridized carbons (Fsp3) is 0.182. The van der Waals surface area contributed by atoms with Crippen molar-refractivity contribution in [1.82, 2.24) is 4.98 Å². The molecule has 0 bridgehead atoms. The monoisotopic (exact) mass is 462 g/mol. The molecule has 2 aromatic carbocycles. The molecule has 0 amide bonds. The number of halogens is 2. The lowest BCUT2D eigenvalue weighted by Gasteiger charge is -2.11. The van der Waals surface area contributed by atoms with E-state index in [-0.39, 0.29) is 22.1 Å². The van der Waals surface area contributed by atoms with Crippen LogP contribution in [-0.4, -0.2) is 19.2 Å². The van der Waals surface area contributed by atoms with Gasteiger partial charge in [-0.15, -0.1) is 0 Å². The number of hydrogen-bond donors (Lipinski definition) is 1. The van der Waals surface area contributed by atoms with Crippen LogP contribution in [0.5, 0.6) is 0 Å². The molecule has 0 saturated heterocycles. The number of carbonyl (C=O) groups excluding carboxylic acids is 1. The molecule has 0 atom stereocenters. The van der Waals surface area contributed by atoms with E-state index in [1.165, 1.54) is 12.1 Å². The van der Waals surface area contributed by atoms with Crippen LogP contribution < -0.4 is 4.72 Å². The van der Waals surface area contributed by atoms with Gasteiger partial charge in [-0.05, 0) is 60.4 Å². The molecule has 3 aromatic rings. The summed E-state index contributed by atoms with van der Waals surface area (Å²) in [6.07, 6.45) is 4.81. The van der Waals surface area contributed by atoms with Crippen LogP contribution in [0.3, 0.4) is 0 Å². The van der Waals surface area contributed by atoms with Gasteiger partial charge < -0.3 is 0 Å². The van der Waals surface area contributed by atoms with Gasteiger partial charge in [-0.25, -0.2) is 8.42 Å². The van der Waals surface area contributed by atoms with Crippen molar-refractivity contribution in [2.45, 2.75) is 31.1 Å². The predicted octanol–water partition coefficient (Wildman–Crippen LogP) is 5.24. The van der Waals surface area contributed by atoms with Gasteiger partial charge in [0.2, 0.25) is 0 Å². The second kappa shape index (κ2) is 9.60. The van der Waals surface area contributed by atoms with Crippen molar-refractivity contribution in [3.8, 4) is 0 Å². The molecule has 0 saturated carbocycles. The molecule has 0 unspecified atom stereocenters. The van der Waals surface area contributed by atoms with Crippen molar-refractivity contribution < 1.29 is 13.2 Å². The van der Waals surface area contributed by atoms with E-state index in [9.17, 15) is 13.2 Å². The van der Waals surface area contributed by atoms with E-state index in [4.69, 9.17) is 23.2 Å². The topological polar surface area (TPSA) is 76.1 Å². The number of hydrogen-bond acceptors (Lipinski definition) is 4. The standard InChI is InChI=1S/C22H20Cl2N2O3S/c1-15-11-22(21(24)13-20(15)23)30(28,29)26-18-7-4-16(5-8-18)12-19(27)9-6-17-3-2-10-25-14-17/h2-5,7-8,10-11,13-14,26H,6,9,12H2,1H3. The number of Topliss-reactive ketones (excluding diaryl/α,β-unsaturated/α-hetero) is 1. The average Bonchev–Trinajstić information content (AvgIpc) is 2.71. The SMILES string of the molecule is Cc1cc(S(=O)(=O)Nc2ccc(CC(=O)CCc3cccnc3)cc2)c(Cl)cc1Cl. The molecule has 0 aliphatic heterocycles. The summed E-state index contributed by atoms with van der Waals surface area (Å²) in [7, 11) is -3.87. The van der Waals surface area contributed by atoms with Crippen molar-refractivity contribution in [1.29, 1.82) is 0 Å². The van der Waals surface area contributed by atoms with Crippen molar-refractivity contribution >= 4 is 44.7 Å². The Bertz CT molecular complexity index is 1150. The van der Waals surface area contributed by atoms with Gasteiger partial charge in [0.15, 0.2) is 0 Å². The Kier molecular flexibility index (Phi) is 7.13. The maximum atomic E-state index is 12.7. The van der Waals surface area contributed by atoms with E-state index in [0.717, 1.165) is 11.1 Å². The summed E-state index contributed by atoms with van der Waals surface area (Å²) in [5.41, 5.74) is 2.83. The fourth-order valence-electron chi connectivity index (χ4n) is 2.88. The number of rotatable bonds is 8. The average molecular weight is 463 g/mol. The lowest BCUT2D eigenvalue weighted by molar-refractivity contribution is -0.118. The Balaban J connectivity index is 1.63. The van der Waals surface area contributed by atoms with Crippen molar-refractivity contribution in [3.05, 3.63) is 87.7 Å². The molecule has 0 spiro atoms. The molecule has 0 aliphatic rings. The number of carbonyl (C=O) groups is 1. The van der Waals surface area contributed by atoms with Crippen LogP contribution in [0.2, 0.25) is 10.0 Å². The highest BCUT2D eigenvalue weighted by molar-refractivity contribution is 7.92. The van der Waals surface area contributed by atoms with Crippen LogP contribution in [0, 0.1) is 6.92 Å². The van der Waals surface area contributed by atoms with Gasteiger partial charge in [-0.1, -0.05) is 41.4 Å². The quantitative estimate of drug-likeness (QED) is 0.496. The van der Waals surface area contributed by atoms with E-state index >= 15 is 0 Å². The number of nitrogens with one attached hydrogen (secondary N) is 1. The van der Waals surface area contributed by atoms with Gasteiger partial charge in [0, 0.05) is 35.9 Å². The third-order valence-corrected chi connectivity index (χ3v) is 6.78. The molecule has 8 heteroatoms. The Morgan fingerprint density at radius 2 is 1.77 bits per heavy atom. The molecular weight excluding hydrogens is 443 g/mol. The zero-order valence-electron chi connectivity index (χ0n) is 16.2. The summed E-state index contributed by atoms with van der Waals surface area (Å²) in [5, 5.41) is 0.449. The molecule has 3 rings (SSSR count). The first-order valence-corrected chi connectivity index (χ1v) is 11.5. The van der Waals surface area contributed by atoms with Crippen molar-refractivity contribution in [2.75, 3.05) is 4.72 Å². The number of nitrogens with zero attached hydrogens (tertiary/aromatic N) is 1. The highest BCUT2D eigenvalue weighted by atomic mass is 35.5. The summed E-state index contributed by atoms with van der Waals surface area (Å²) in [4.78, 5) is 16.2. The largest absolute Gasteiger partial charge is 0.299 e. The third-order valence-electron chi connectivity index (χ3n) is 4.53. The molecule has 0 radical (unpaired) electrons. The molecule has 1 aromatic heterocycles. The molecule has 30 heavy (non-hydrogen) atoms. The van der Waals surface area contributed by atoms with E-state index in [2.05, 4.69) is 9.71 Å². The summed E-state index contributed by atoms with van der Waals surface area (Å²) < 4.78 is 27.8. The van der Waals surface area contributed by atoms with E-state index in [1.54, 1.807) is 43.6 Å². The summed E-state index contributed by atoms with van der Waals surface area (Å²) in [5.74, 6) is 0.107. The Hall–Kier alpha value is -2.41. The summed E-state index contributed by atoms with van der Waals surface area (Å²) in [6.45, 7) is 1.71. The van der Waals surface area contributed by atoms with Gasteiger partial charge >= 0.3 is 0 Å². The number of ketones is 1. The van der Waals surface area contributed by atoms with Gasteiger partial charge in [-0.3, -0.25) is 14.5 Å². The van der Waals surface area contributed by atoms with Gasteiger partial charge in [0.25, 0.3) is 10.0 Å². The Morgan fingerprint density at radius 3 is 2.43 bits per heavy atom.